The van der Waals surface area contributed by atoms with Crippen LogP contribution < -0.4 is 9.62 Å². The van der Waals surface area contributed by atoms with Gasteiger partial charge in [-0.2, -0.15) is 5.26 Å². The lowest BCUT2D eigenvalue weighted by molar-refractivity contribution is -0.272. The molecule has 0 bridgehead atoms. The van der Waals surface area contributed by atoms with E-state index < -0.39 is 45.4 Å². The van der Waals surface area contributed by atoms with Crippen molar-refractivity contribution in [2.45, 2.75) is 44.6 Å². The van der Waals surface area contributed by atoms with Crippen molar-refractivity contribution in [3.63, 3.8) is 0 Å². The monoisotopic (exact) mass is 611 g/mol. The topological polar surface area (TPSA) is 166 Å². The second-order valence-corrected chi connectivity index (χ2v) is 12.8. The van der Waals surface area contributed by atoms with Gasteiger partial charge >= 0.3 is 0 Å². The first-order chi connectivity index (χ1) is 20.6. The van der Waals surface area contributed by atoms with Gasteiger partial charge in [0.25, 0.3) is 10.0 Å². The van der Waals surface area contributed by atoms with Crippen molar-refractivity contribution in [1.82, 2.24) is 24.6 Å². The summed E-state index contributed by atoms with van der Waals surface area (Å²) in [6.07, 6.45) is -0.873. The number of benzene rings is 2. The number of hydrogen-bond donors (Lipinski definition) is 3. The van der Waals surface area contributed by atoms with Crippen LogP contribution in [0.15, 0.2) is 47.5 Å². The molecule has 0 aliphatic carbocycles. The number of nitrogens with one attached hydrogen (secondary N) is 1. The van der Waals surface area contributed by atoms with E-state index in [2.05, 4.69) is 44.0 Å². The van der Waals surface area contributed by atoms with Crippen LogP contribution in [0, 0.1) is 17.2 Å². The van der Waals surface area contributed by atoms with E-state index in [-0.39, 0.29) is 13.1 Å². The van der Waals surface area contributed by atoms with Crippen LogP contribution in [0.4, 0.5) is 5.69 Å². The Morgan fingerprint density at radius 2 is 1.88 bits per heavy atom. The van der Waals surface area contributed by atoms with Crippen LogP contribution in [0.5, 0.6) is 0 Å². The van der Waals surface area contributed by atoms with E-state index in [1.165, 1.54) is 24.1 Å². The third-order valence-corrected chi connectivity index (χ3v) is 9.36. The summed E-state index contributed by atoms with van der Waals surface area (Å²) in [4.78, 5) is 4.23. The number of piperazine rings is 1. The number of aliphatic hydroxyl groups excluding tert-OH is 2. The highest BCUT2D eigenvalue weighted by Crippen LogP contribution is 2.28. The maximum Gasteiger partial charge on any atom is 0.251 e. The highest BCUT2D eigenvalue weighted by atomic mass is 32.2. The molecule has 3 heterocycles. The molecule has 14 heteroatoms. The number of nitriles is 1. The fraction of sp³-hybridized carbons (Fsp3) is 0.483. The summed E-state index contributed by atoms with van der Waals surface area (Å²) >= 11 is 0. The third-order valence-electron chi connectivity index (χ3n) is 8.05. The molecule has 3 N–H and O–H groups in total. The summed E-state index contributed by atoms with van der Waals surface area (Å²) in [6, 6.07) is 13.6. The van der Waals surface area contributed by atoms with Crippen LogP contribution in [-0.2, 0) is 32.6 Å². The molecule has 0 spiro atoms. The molecule has 2 saturated heterocycles. The molecule has 2 fully saturated rings. The van der Waals surface area contributed by atoms with Crippen molar-refractivity contribution in [1.29, 1.82) is 5.26 Å². The van der Waals surface area contributed by atoms with Crippen LogP contribution in [0.1, 0.15) is 18.2 Å². The lowest BCUT2D eigenvalue weighted by Crippen LogP contribution is -2.55. The molecule has 1 aromatic heterocycles. The van der Waals surface area contributed by atoms with Gasteiger partial charge in [-0.15, -0.1) is 5.10 Å². The maximum absolute atomic E-state index is 13.0. The van der Waals surface area contributed by atoms with Crippen LogP contribution in [0.2, 0.25) is 0 Å². The Morgan fingerprint density at radius 3 is 2.60 bits per heavy atom. The number of rotatable bonds is 9. The minimum atomic E-state index is -4.15. The molecule has 2 aromatic carbocycles. The lowest BCUT2D eigenvalue weighted by Gasteiger charge is -2.40. The third kappa shape index (κ3) is 7.05. The van der Waals surface area contributed by atoms with Gasteiger partial charge in [-0.25, -0.2) is 17.8 Å². The van der Waals surface area contributed by atoms with Crippen molar-refractivity contribution in [2.24, 2.45) is 5.92 Å². The van der Waals surface area contributed by atoms with Gasteiger partial charge in [-0.05, 0) is 47.7 Å². The maximum atomic E-state index is 13.0. The Bertz CT molecular complexity index is 1610. The van der Waals surface area contributed by atoms with Crippen molar-refractivity contribution < 1.29 is 28.1 Å². The number of fused-ring (bicyclic) bond motifs is 1. The average Bonchev–Trinajstić information content (AvgIpc) is 3.46. The number of sulfonamides is 1. The number of aromatic nitrogens is 3. The molecule has 0 radical (unpaired) electrons. The molecule has 5 atom stereocenters. The van der Waals surface area contributed by atoms with Gasteiger partial charge in [0.1, 0.15) is 18.3 Å². The summed E-state index contributed by atoms with van der Waals surface area (Å²) in [5.41, 5.74) is 2.04. The minimum Gasteiger partial charge on any atom is -0.390 e. The van der Waals surface area contributed by atoms with Crippen LogP contribution >= 0.6 is 0 Å². The molecular weight excluding hydrogens is 574 g/mol. The minimum absolute atomic E-state index is 0.0622. The molecule has 43 heavy (non-hydrogen) atoms. The molecule has 0 amide bonds. The van der Waals surface area contributed by atoms with Gasteiger partial charge in [0, 0.05) is 51.1 Å². The van der Waals surface area contributed by atoms with E-state index in [1.54, 1.807) is 19.1 Å². The van der Waals surface area contributed by atoms with Gasteiger partial charge in [0.2, 0.25) is 0 Å². The summed E-state index contributed by atoms with van der Waals surface area (Å²) < 4.78 is 40.8. The van der Waals surface area contributed by atoms with E-state index in [0.29, 0.717) is 11.3 Å². The number of ether oxygens (including phenoxy) is 2. The Morgan fingerprint density at radius 1 is 1.16 bits per heavy atom. The highest BCUT2D eigenvalue weighted by molar-refractivity contribution is 7.93. The van der Waals surface area contributed by atoms with Gasteiger partial charge < -0.3 is 29.5 Å². The highest BCUT2D eigenvalue weighted by Gasteiger charge is 2.42. The number of anilines is 1. The molecule has 2 aliphatic heterocycles. The second-order valence-electron chi connectivity index (χ2n) is 11.1. The Labute approximate surface area is 251 Å². The number of nitrogens with zero attached hydrogens (tertiary/aromatic N) is 6. The molecule has 2 aliphatic rings. The summed E-state index contributed by atoms with van der Waals surface area (Å²) in [5, 5.41) is 40.3. The zero-order chi connectivity index (χ0) is 30.7. The van der Waals surface area contributed by atoms with Crippen LogP contribution in [-0.4, -0.2) is 103 Å². The van der Waals surface area contributed by atoms with Crippen molar-refractivity contribution in [2.75, 3.05) is 45.2 Å². The molecular formula is C29H37N7O6S. The first kappa shape index (κ1) is 31.0. The summed E-state index contributed by atoms with van der Waals surface area (Å²) in [5.74, 6) is -0.422. The predicted molar refractivity (Wildman–Crippen MR) is 160 cm³/mol. The number of allylic oxidation sites excluding steroid dienone is 1. The molecule has 0 unspecified atom stereocenters. The largest absolute Gasteiger partial charge is 0.390 e. The Kier molecular flexibility index (Phi) is 9.42. The zero-order valence-electron chi connectivity index (χ0n) is 24.4. The lowest BCUT2D eigenvalue weighted by atomic mass is 9.92. The molecule has 230 valence electrons. The van der Waals surface area contributed by atoms with Crippen molar-refractivity contribution in [3.05, 3.63) is 58.8 Å². The number of hydrogen-bond acceptors (Lipinski definition) is 11. The molecule has 5 rings (SSSR count). The van der Waals surface area contributed by atoms with Crippen molar-refractivity contribution >= 4 is 32.6 Å². The second kappa shape index (κ2) is 13.1. The van der Waals surface area contributed by atoms with Gasteiger partial charge in [-0.1, -0.05) is 30.3 Å². The first-order valence-electron chi connectivity index (χ1n) is 14.1. The van der Waals surface area contributed by atoms with E-state index in [4.69, 9.17) is 9.47 Å². The SMILES string of the molecule is CO[C@H]1O[C@H](Cn2cc(CNS(=O)(=O)/C(C#N)=C/c3ccc4cc(N5CCN(C)CC5)ccc4c3)nn2)[C@@H](O)[C@H](O)[C@H]1C. The van der Waals surface area contributed by atoms with Crippen LogP contribution in [0.3, 0.4) is 0 Å². The fourth-order valence-electron chi connectivity index (χ4n) is 5.35. The average molecular weight is 612 g/mol. The van der Waals surface area contributed by atoms with Gasteiger partial charge in [-0.3, -0.25) is 0 Å². The Balaban J connectivity index is 1.23. The van der Waals surface area contributed by atoms with Crippen molar-refractivity contribution in [3.8, 4) is 6.07 Å². The summed E-state index contributed by atoms with van der Waals surface area (Å²) in [7, 11) is -0.575. The van der Waals surface area contributed by atoms with Gasteiger partial charge in [0.05, 0.1) is 24.9 Å². The Hall–Kier alpha value is -3.42. The molecule has 3 aromatic rings. The molecule has 13 nitrogen and oxygen atoms in total. The standard InChI is InChI=1S/C29H37N7O6S/c1-19-27(37)28(38)26(42-29(19)41-3)18-36-17-23(32-33-36)16-31-43(39,40)25(15-30)13-20-4-5-22-14-24(7-6-21(22)12-20)35-10-8-34(2)9-11-35/h4-7,12-14,17,19,26-29,31,37-38H,8-11,16,18H2,1-3H3/b25-13+/t19-,26-,27-,28-,29+/m1/s1. The van der Waals surface area contributed by atoms with E-state index in [1.807, 2.05) is 18.2 Å². The fourth-order valence-corrected chi connectivity index (χ4v) is 6.26. The predicted octanol–water partition coefficient (Wildman–Crippen LogP) is 0.896. The smallest absolute Gasteiger partial charge is 0.251 e. The summed E-state index contributed by atoms with van der Waals surface area (Å²) in [6.45, 7) is 5.53. The number of methoxy groups -OCH3 is 1. The normalized spacial score (nSPS) is 25.6. The van der Waals surface area contributed by atoms with E-state index in [9.17, 15) is 23.9 Å². The quantitative estimate of drug-likeness (QED) is 0.294. The number of likely N-dealkylation sites (N-methyl/N-ethyl adjacent to an activating group) is 1. The van der Waals surface area contributed by atoms with Crippen LogP contribution in [0.25, 0.3) is 16.8 Å². The van der Waals surface area contributed by atoms with E-state index in [0.717, 1.165) is 42.6 Å². The first-order valence-corrected chi connectivity index (χ1v) is 15.6. The zero-order valence-corrected chi connectivity index (χ0v) is 25.2. The number of aliphatic hydroxyl groups is 2. The van der Waals surface area contributed by atoms with Gasteiger partial charge in [0.15, 0.2) is 11.2 Å². The van der Waals surface area contributed by atoms with E-state index >= 15 is 0 Å². The molecule has 0 saturated carbocycles.